The van der Waals surface area contributed by atoms with Crippen molar-refractivity contribution in [2.45, 2.75) is 0 Å². The molecule has 7 nitrogen and oxygen atoms in total. The van der Waals surface area contributed by atoms with E-state index in [9.17, 15) is 4.79 Å². The summed E-state index contributed by atoms with van der Waals surface area (Å²) < 4.78 is 4.33. The van der Waals surface area contributed by atoms with E-state index in [0.717, 1.165) is 10.9 Å². The van der Waals surface area contributed by atoms with Crippen LogP contribution in [0.15, 0.2) is 18.3 Å². The van der Waals surface area contributed by atoms with Gasteiger partial charge in [-0.2, -0.15) is 0 Å². The Bertz CT molecular complexity index is 357. The molecular formula is C7H8N4O3. The maximum absolute atomic E-state index is 10.8. The number of anilines is 2. The summed E-state index contributed by atoms with van der Waals surface area (Å²) in [4.78, 5) is 19.5. The number of pyridine rings is 1. The fraction of sp³-hybridized carbons (Fsp3) is 0.143. The quantitative estimate of drug-likeness (QED) is 0.631. The van der Waals surface area contributed by atoms with Gasteiger partial charge in [0.15, 0.2) is 0 Å². The molecule has 2 N–H and O–H groups in total. The van der Waals surface area contributed by atoms with Gasteiger partial charge in [0.25, 0.3) is 0 Å². The smallest absolute Gasteiger partial charge is 0.436 e. The van der Waals surface area contributed by atoms with Gasteiger partial charge in [-0.3, -0.25) is 10.3 Å². The van der Waals surface area contributed by atoms with Crippen LogP contribution in [-0.2, 0) is 9.57 Å². The highest BCUT2D eigenvalue weighted by atomic mass is 16.8. The second-order valence-electron chi connectivity index (χ2n) is 2.45. The average molecular weight is 196 g/mol. The van der Waals surface area contributed by atoms with Crippen LogP contribution in [0.2, 0.25) is 0 Å². The Morgan fingerprint density at radius 2 is 2.50 bits per heavy atom. The summed E-state index contributed by atoms with van der Waals surface area (Å²) in [5.74, 6) is 0.470. The van der Waals surface area contributed by atoms with Crippen LogP contribution in [0, 0.1) is 0 Å². The topological polar surface area (TPSA) is 75.7 Å². The van der Waals surface area contributed by atoms with E-state index < -0.39 is 6.16 Å². The highest BCUT2D eigenvalue weighted by molar-refractivity contribution is 5.70. The van der Waals surface area contributed by atoms with Gasteiger partial charge in [-0.1, -0.05) is 5.17 Å². The number of hydrogen-bond donors (Lipinski definition) is 2. The first kappa shape index (κ1) is 8.57. The summed E-state index contributed by atoms with van der Waals surface area (Å²) in [5.41, 5.74) is 6.06. The minimum absolute atomic E-state index is 0.470. The van der Waals surface area contributed by atoms with Crippen molar-refractivity contribution >= 4 is 17.7 Å². The Morgan fingerprint density at radius 3 is 3.29 bits per heavy atom. The SMILES string of the molecule is COC(=O)ON1NNc2cccnc21. The van der Waals surface area contributed by atoms with E-state index in [-0.39, 0.29) is 0 Å². The van der Waals surface area contributed by atoms with Gasteiger partial charge in [0, 0.05) is 6.20 Å². The van der Waals surface area contributed by atoms with E-state index in [2.05, 4.69) is 20.7 Å². The summed E-state index contributed by atoms with van der Waals surface area (Å²) in [5, 5.41) is 1.08. The normalized spacial score (nSPS) is 13.1. The second kappa shape index (κ2) is 3.38. The lowest BCUT2D eigenvalue weighted by atomic mass is 10.4. The molecule has 0 aromatic carbocycles. The first-order valence-electron chi connectivity index (χ1n) is 3.84. The molecule has 74 valence electrons. The number of nitrogens with zero attached hydrogens (tertiary/aromatic N) is 2. The van der Waals surface area contributed by atoms with Crippen LogP contribution in [0.4, 0.5) is 16.3 Å². The lowest BCUT2D eigenvalue weighted by Gasteiger charge is -2.13. The van der Waals surface area contributed by atoms with Crippen LogP contribution in [-0.4, -0.2) is 18.2 Å². The van der Waals surface area contributed by atoms with Crippen molar-refractivity contribution in [3.8, 4) is 0 Å². The summed E-state index contributed by atoms with van der Waals surface area (Å²) in [6.07, 6.45) is 0.763. The molecule has 0 radical (unpaired) electrons. The van der Waals surface area contributed by atoms with E-state index in [1.807, 2.05) is 0 Å². The summed E-state index contributed by atoms with van der Waals surface area (Å²) in [6, 6.07) is 3.55. The molecule has 1 aliphatic rings. The molecule has 14 heavy (non-hydrogen) atoms. The largest absolute Gasteiger partial charge is 0.534 e. The molecule has 0 bridgehead atoms. The Balaban J connectivity index is 2.14. The van der Waals surface area contributed by atoms with Crippen molar-refractivity contribution in [2.75, 3.05) is 17.7 Å². The molecule has 1 aliphatic heterocycles. The van der Waals surface area contributed by atoms with Crippen molar-refractivity contribution in [3.63, 3.8) is 0 Å². The van der Waals surface area contributed by atoms with Gasteiger partial charge in [0.1, 0.15) is 0 Å². The molecule has 0 atom stereocenters. The maximum atomic E-state index is 10.8. The van der Waals surface area contributed by atoms with Gasteiger partial charge in [-0.25, -0.2) is 9.78 Å². The summed E-state index contributed by atoms with van der Waals surface area (Å²) in [6.45, 7) is 0. The number of nitrogens with one attached hydrogen (secondary N) is 2. The van der Waals surface area contributed by atoms with Crippen molar-refractivity contribution in [1.29, 1.82) is 0 Å². The van der Waals surface area contributed by atoms with E-state index in [0.29, 0.717) is 5.82 Å². The minimum Gasteiger partial charge on any atom is -0.436 e. The van der Waals surface area contributed by atoms with Gasteiger partial charge >= 0.3 is 6.16 Å². The Kier molecular flexibility index (Phi) is 2.07. The van der Waals surface area contributed by atoms with Crippen molar-refractivity contribution in [2.24, 2.45) is 0 Å². The number of ether oxygens (including phenoxy) is 1. The Hall–Kier alpha value is -2.02. The number of carbonyl (C=O) groups excluding carboxylic acids is 1. The molecule has 0 unspecified atom stereocenters. The predicted octanol–water partition coefficient (Wildman–Crippen LogP) is 0.431. The molecule has 0 amide bonds. The molecule has 0 saturated heterocycles. The van der Waals surface area contributed by atoms with Crippen LogP contribution < -0.4 is 16.1 Å². The minimum atomic E-state index is -0.821. The first-order valence-corrected chi connectivity index (χ1v) is 3.84. The van der Waals surface area contributed by atoms with Crippen molar-refractivity contribution in [3.05, 3.63) is 18.3 Å². The fourth-order valence-corrected chi connectivity index (χ4v) is 0.998. The van der Waals surface area contributed by atoms with E-state index >= 15 is 0 Å². The third-order valence-electron chi connectivity index (χ3n) is 1.60. The standard InChI is InChI=1S/C7H8N4O3/c1-13-7(12)14-11-6-5(9-10-11)3-2-4-8-6/h2-4,9-10H,1H3. The number of hydrogen-bond acceptors (Lipinski definition) is 7. The molecular weight excluding hydrogens is 188 g/mol. The molecule has 1 aromatic rings. The fourth-order valence-electron chi connectivity index (χ4n) is 0.998. The van der Waals surface area contributed by atoms with Crippen LogP contribution in [0.5, 0.6) is 0 Å². The number of aromatic nitrogens is 1. The zero-order chi connectivity index (χ0) is 9.97. The molecule has 0 aliphatic carbocycles. The second-order valence-corrected chi connectivity index (χ2v) is 2.45. The number of methoxy groups -OCH3 is 1. The van der Waals surface area contributed by atoms with E-state index in [1.165, 1.54) is 7.11 Å². The van der Waals surface area contributed by atoms with Gasteiger partial charge in [-0.15, -0.1) is 5.53 Å². The monoisotopic (exact) mass is 196 g/mol. The summed E-state index contributed by atoms with van der Waals surface area (Å²) in [7, 11) is 1.23. The van der Waals surface area contributed by atoms with Gasteiger partial charge in [-0.05, 0) is 12.1 Å². The van der Waals surface area contributed by atoms with E-state index in [4.69, 9.17) is 4.84 Å². The molecule has 2 heterocycles. The van der Waals surface area contributed by atoms with Gasteiger partial charge < -0.3 is 4.74 Å². The Labute approximate surface area is 79.5 Å². The molecule has 7 heteroatoms. The molecule has 0 saturated carbocycles. The third-order valence-corrected chi connectivity index (χ3v) is 1.60. The van der Waals surface area contributed by atoms with Crippen LogP contribution in [0.1, 0.15) is 0 Å². The highest BCUT2D eigenvalue weighted by Crippen LogP contribution is 2.25. The lowest BCUT2D eigenvalue weighted by molar-refractivity contribution is 0.0551. The predicted molar refractivity (Wildman–Crippen MR) is 47.0 cm³/mol. The lowest BCUT2D eigenvalue weighted by Crippen LogP contribution is -2.38. The summed E-state index contributed by atoms with van der Waals surface area (Å²) >= 11 is 0. The molecule has 0 spiro atoms. The van der Waals surface area contributed by atoms with Gasteiger partial charge in [0.2, 0.25) is 5.82 Å². The number of hydrazine groups is 2. The molecule has 2 rings (SSSR count). The molecule has 0 fully saturated rings. The zero-order valence-corrected chi connectivity index (χ0v) is 7.35. The van der Waals surface area contributed by atoms with Crippen molar-refractivity contribution in [1.82, 2.24) is 10.5 Å². The van der Waals surface area contributed by atoms with E-state index in [1.54, 1.807) is 18.3 Å². The number of fused-ring (bicyclic) bond motifs is 1. The number of carbonyl (C=O) groups is 1. The maximum Gasteiger partial charge on any atom is 0.534 e. The van der Waals surface area contributed by atoms with Gasteiger partial charge in [0.05, 0.1) is 12.8 Å². The Morgan fingerprint density at radius 1 is 1.64 bits per heavy atom. The zero-order valence-electron chi connectivity index (χ0n) is 7.35. The molecule has 1 aromatic heterocycles. The average Bonchev–Trinajstić information content (AvgIpc) is 2.62. The van der Waals surface area contributed by atoms with Crippen molar-refractivity contribution < 1.29 is 14.4 Å². The van der Waals surface area contributed by atoms with Crippen LogP contribution >= 0.6 is 0 Å². The third kappa shape index (κ3) is 1.40. The van der Waals surface area contributed by atoms with Crippen LogP contribution in [0.3, 0.4) is 0 Å². The number of rotatable bonds is 1. The first-order chi connectivity index (χ1) is 6.81. The highest BCUT2D eigenvalue weighted by Gasteiger charge is 2.23. The van der Waals surface area contributed by atoms with Crippen LogP contribution in [0.25, 0.3) is 0 Å².